The molecule has 39 heavy (non-hydrogen) atoms. The molecule has 12 heteroatoms. The number of nitriles is 1. The quantitative estimate of drug-likeness (QED) is 0.364. The maximum atomic E-state index is 13.2. The van der Waals surface area contributed by atoms with Crippen molar-refractivity contribution < 1.29 is 4.79 Å². The molecule has 7 rings (SSSR count). The van der Waals surface area contributed by atoms with Crippen LogP contribution in [0.25, 0.3) is 27.5 Å². The van der Waals surface area contributed by atoms with E-state index in [-0.39, 0.29) is 29.7 Å². The highest BCUT2D eigenvalue weighted by Crippen LogP contribution is 2.44. The fourth-order valence-electron chi connectivity index (χ4n) is 5.96. The molecule has 2 atom stereocenters. The topological polar surface area (TPSA) is 152 Å². The van der Waals surface area contributed by atoms with Gasteiger partial charge in [0.25, 0.3) is 5.91 Å². The molecule has 0 aliphatic carbocycles. The van der Waals surface area contributed by atoms with Crippen molar-refractivity contribution in [1.29, 1.82) is 5.26 Å². The lowest BCUT2D eigenvalue weighted by atomic mass is 9.86. The number of amides is 1. The number of rotatable bonds is 4. The zero-order chi connectivity index (χ0) is 26.5. The Hall–Kier alpha value is -4.76. The Bertz CT molecular complexity index is 1710. The monoisotopic (exact) mass is 534 g/mol. The maximum absolute atomic E-state index is 13.2. The molecule has 5 aromatic heterocycles. The molecule has 2 unspecified atom stereocenters. The molecule has 2 bridgehead atoms. The lowest BCUT2D eigenvalue weighted by Crippen LogP contribution is -2.46. The van der Waals surface area contributed by atoms with Crippen LogP contribution in [-0.4, -0.2) is 57.7 Å². The summed E-state index contributed by atoms with van der Waals surface area (Å²) in [6, 6.07) is 9.67. The molecule has 7 heterocycles. The molecule has 0 spiro atoms. The number of piperidine rings is 1. The van der Waals surface area contributed by atoms with Gasteiger partial charge in [-0.2, -0.15) is 20.0 Å². The Balaban J connectivity index is 1.24. The Morgan fingerprint density at radius 2 is 1.95 bits per heavy atom. The standard InChI is InChI=1S/C27H22N10OS/c28-12-19-23(16-10-17-4-5-18(11-16)36(17)27(38)22-2-1-7-32-35-22)34-25-20(14-33-37(25)24(19)29)15-3-6-21(31-13-15)26-30-8-9-39-26/h1-3,6-9,13-14,16-18H,4-5,10-11,29H2. The summed E-state index contributed by atoms with van der Waals surface area (Å²) < 4.78 is 1.52. The van der Waals surface area contributed by atoms with E-state index in [1.165, 1.54) is 15.9 Å². The highest BCUT2D eigenvalue weighted by Gasteiger charge is 2.45. The van der Waals surface area contributed by atoms with E-state index < -0.39 is 0 Å². The minimum atomic E-state index is -0.0933. The second-order valence-electron chi connectivity index (χ2n) is 9.81. The van der Waals surface area contributed by atoms with E-state index in [1.807, 2.05) is 22.4 Å². The van der Waals surface area contributed by atoms with E-state index in [9.17, 15) is 10.1 Å². The summed E-state index contributed by atoms with van der Waals surface area (Å²) in [5.74, 6) is 0.161. The Morgan fingerprint density at radius 1 is 1.10 bits per heavy atom. The summed E-state index contributed by atoms with van der Waals surface area (Å²) in [4.78, 5) is 29.1. The number of fused-ring (bicyclic) bond motifs is 3. The summed E-state index contributed by atoms with van der Waals surface area (Å²) in [5, 5.41) is 25.2. The molecule has 0 aromatic carbocycles. The molecule has 0 saturated carbocycles. The summed E-state index contributed by atoms with van der Waals surface area (Å²) >= 11 is 1.53. The first-order valence-electron chi connectivity index (χ1n) is 12.7. The molecule has 2 fully saturated rings. The van der Waals surface area contributed by atoms with Crippen molar-refractivity contribution in [2.24, 2.45) is 0 Å². The Morgan fingerprint density at radius 3 is 2.62 bits per heavy atom. The first-order chi connectivity index (χ1) is 19.1. The Labute approximate surface area is 227 Å². The zero-order valence-electron chi connectivity index (χ0n) is 20.7. The van der Waals surface area contributed by atoms with Gasteiger partial charge in [0, 0.05) is 53.1 Å². The molecule has 2 N–H and O–H groups in total. The molecule has 0 radical (unpaired) electrons. The van der Waals surface area contributed by atoms with Gasteiger partial charge in [0.2, 0.25) is 0 Å². The highest BCUT2D eigenvalue weighted by atomic mass is 32.1. The van der Waals surface area contributed by atoms with E-state index in [2.05, 4.69) is 31.3 Å². The number of nitrogen functional groups attached to an aromatic ring is 1. The van der Waals surface area contributed by atoms with Gasteiger partial charge in [-0.1, -0.05) is 6.07 Å². The summed E-state index contributed by atoms with van der Waals surface area (Å²) in [5.41, 5.74) is 10.9. The van der Waals surface area contributed by atoms with Crippen LogP contribution in [0, 0.1) is 11.3 Å². The second-order valence-corrected chi connectivity index (χ2v) is 10.7. The van der Waals surface area contributed by atoms with Crippen LogP contribution in [0.1, 0.15) is 53.3 Å². The van der Waals surface area contributed by atoms with Crippen LogP contribution in [-0.2, 0) is 0 Å². The third-order valence-corrected chi connectivity index (χ3v) is 8.49. The zero-order valence-corrected chi connectivity index (χ0v) is 21.5. The van der Waals surface area contributed by atoms with Crippen LogP contribution in [0.15, 0.2) is 54.4 Å². The number of carbonyl (C=O) groups is 1. The number of nitrogens with two attached hydrogens (primary N) is 1. The Kier molecular flexibility index (Phi) is 5.52. The molecule has 192 valence electrons. The van der Waals surface area contributed by atoms with Crippen LogP contribution in [0.2, 0.25) is 0 Å². The minimum Gasteiger partial charge on any atom is -0.382 e. The molecular formula is C27H22N10OS. The third-order valence-electron chi connectivity index (χ3n) is 7.69. The number of nitrogens with zero attached hydrogens (tertiary/aromatic N) is 9. The SMILES string of the molecule is N#Cc1c(C2CC3CCC(C2)N3C(=O)c2cccnn2)nc2c(-c3ccc(-c4nccs4)nc3)cnn2c1N. The molecule has 5 aromatic rings. The number of hydrogen-bond donors (Lipinski definition) is 1. The van der Waals surface area contributed by atoms with E-state index in [0.29, 0.717) is 35.4 Å². The van der Waals surface area contributed by atoms with Crippen LogP contribution in [0.5, 0.6) is 0 Å². The predicted molar refractivity (Wildman–Crippen MR) is 143 cm³/mol. The average Bonchev–Trinajstić information content (AvgIpc) is 3.72. The van der Waals surface area contributed by atoms with Crippen LogP contribution >= 0.6 is 11.3 Å². The first-order valence-corrected chi connectivity index (χ1v) is 13.5. The largest absolute Gasteiger partial charge is 0.382 e. The average molecular weight is 535 g/mol. The number of pyridine rings is 1. The molecule has 11 nitrogen and oxygen atoms in total. The third kappa shape index (κ3) is 3.81. The van der Waals surface area contributed by atoms with Gasteiger partial charge in [0.15, 0.2) is 11.3 Å². The maximum Gasteiger partial charge on any atom is 0.274 e. The van der Waals surface area contributed by atoms with Crippen LogP contribution in [0.3, 0.4) is 0 Å². The minimum absolute atomic E-state index is 0.0106. The van der Waals surface area contributed by atoms with Gasteiger partial charge in [-0.3, -0.25) is 9.78 Å². The van der Waals surface area contributed by atoms with Crippen molar-refractivity contribution in [3.05, 3.63) is 71.4 Å². The van der Waals surface area contributed by atoms with Crippen molar-refractivity contribution in [3.8, 4) is 27.9 Å². The molecule has 1 amide bonds. The van der Waals surface area contributed by atoms with Crippen molar-refractivity contribution in [2.45, 2.75) is 43.7 Å². The predicted octanol–water partition coefficient (Wildman–Crippen LogP) is 3.71. The van der Waals surface area contributed by atoms with Gasteiger partial charge >= 0.3 is 0 Å². The lowest BCUT2D eigenvalue weighted by Gasteiger charge is -2.38. The molecule has 2 aliphatic rings. The second kappa shape index (κ2) is 9.21. The van der Waals surface area contributed by atoms with Gasteiger partial charge in [0.05, 0.1) is 17.6 Å². The summed E-state index contributed by atoms with van der Waals surface area (Å²) in [6.45, 7) is 0. The summed E-state index contributed by atoms with van der Waals surface area (Å²) in [6.07, 6.45) is 10.0. The fourth-order valence-corrected chi connectivity index (χ4v) is 6.57. The van der Waals surface area contributed by atoms with E-state index in [1.54, 1.807) is 36.9 Å². The number of thiazole rings is 1. The summed E-state index contributed by atoms with van der Waals surface area (Å²) in [7, 11) is 0. The smallest absolute Gasteiger partial charge is 0.274 e. The van der Waals surface area contributed by atoms with E-state index in [0.717, 1.165) is 34.7 Å². The number of carbonyl (C=O) groups excluding carboxylic acids is 1. The van der Waals surface area contributed by atoms with Gasteiger partial charge in [-0.05, 0) is 43.9 Å². The number of aromatic nitrogens is 7. The number of anilines is 1. The molecule has 2 aliphatic heterocycles. The molecular weight excluding hydrogens is 512 g/mol. The normalized spacial score (nSPS) is 20.3. The van der Waals surface area contributed by atoms with Gasteiger partial charge < -0.3 is 10.6 Å². The van der Waals surface area contributed by atoms with E-state index >= 15 is 0 Å². The van der Waals surface area contributed by atoms with Gasteiger partial charge in [0.1, 0.15) is 22.5 Å². The van der Waals surface area contributed by atoms with Crippen molar-refractivity contribution >= 4 is 28.7 Å². The van der Waals surface area contributed by atoms with E-state index in [4.69, 9.17) is 10.7 Å². The van der Waals surface area contributed by atoms with Crippen molar-refractivity contribution in [3.63, 3.8) is 0 Å². The number of hydrogen-bond acceptors (Lipinski definition) is 10. The van der Waals surface area contributed by atoms with Gasteiger partial charge in [-0.25, -0.2) is 9.97 Å². The lowest BCUT2D eigenvalue weighted by molar-refractivity contribution is 0.0562. The van der Waals surface area contributed by atoms with Crippen molar-refractivity contribution in [2.75, 3.05) is 5.73 Å². The fraction of sp³-hybridized carbons (Fsp3) is 0.259. The first kappa shape index (κ1) is 23.4. The molecule has 2 saturated heterocycles. The van der Waals surface area contributed by atoms with Gasteiger partial charge in [-0.15, -0.1) is 16.4 Å². The highest BCUT2D eigenvalue weighted by molar-refractivity contribution is 7.13. The van der Waals surface area contributed by atoms with Crippen LogP contribution in [0.4, 0.5) is 5.82 Å². The van der Waals surface area contributed by atoms with Crippen LogP contribution < -0.4 is 5.73 Å². The van der Waals surface area contributed by atoms with Crippen molar-refractivity contribution in [1.82, 2.24) is 39.7 Å².